The summed E-state index contributed by atoms with van der Waals surface area (Å²) in [6.45, 7) is 0. The van der Waals surface area contributed by atoms with Gasteiger partial charge in [-0.3, -0.25) is 9.97 Å². The van der Waals surface area contributed by atoms with Gasteiger partial charge in [0.05, 0.1) is 5.69 Å². The Kier molecular flexibility index (Phi) is 2.36. The number of pyridine rings is 1. The fourth-order valence-corrected chi connectivity index (χ4v) is 1.21. The molecule has 2 heterocycles. The molecule has 14 heavy (non-hydrogen) atoms. The molecule has 0 radical (unpaired) electrons. The third kappa shape index (κ3) is 1.85. The molecule has 2 aromatic rings. The van der Waals surface area contributed by atoms with Gasteiger partial charge in [-0.25, -0.2) is 4.98 Å². The molecule has 0 aromatic carbocycles. The van der Waals surface area contributed by atoms with Crippen LogP contribution in [0.2, 0.25) is 0 Å². The molecule has 0 aliphatic rings. The van der Waals surface area contributed by atoms with Gasteiger partial charge in [-0.2, -0.15) is 0 Å². The van der Waals surface area contributed by atoms with Crippen molar-refractivity contribution in [2.75, 3.05) is 5.73 Å². The lowest BCUT2D eigenvalue weighted by Gasteiger charge is -2.02. The molecule has 2 aromatic heterocycles. The van der Waals surface area contributed by atoms with Crippen LogP contribution in [0.3, 0.4) is 0 Å². The molecule has 0 aliphatic heterocycles. The number of hydrogen-bond donors (Lipinski definition) is 1. The van der Waals surface area contributed by atoms with Crippen molar-refractivity contribution < 1.29 is 0 Å². The third-order valence-electron chi connectivity index (χ3n) is 1.93. The maximum Gasteiger partial charge on any atom is 0.145 e. The average molecular weight is 186 g/mol. The molecule has 0 bridgehead atoms. The topological polar surface area (TPSA) is 64.7 Å². The van der Waals surface area contributed by atoms with Gasteiger partial charge in [-0.15, -0.1) is 0 Å². The molecule has 2 N–H and O–H groups in total. The van der Waals surface area contributed by atoms with Crippen molar-refractivity contribution in [2.45, 2.75) is 6.42 Å². The minimum atomic E-state index is 0.490. The summed E-state index contributed by atoms with van der Waals surface area (Å²) in [4.78, 5) is 12.1. The first kappa shape index (κ1) is 8.62. The van der Waals surface area contributed by atoms with Crippen LogP contribution >= 0.6 is 0 Å². The Morgan fingerprint density at radius 1 is 1.00 bits per heavy atom. The Bertz CT molecular complexity index is 413. The van der Waals surface area contributed by atoms with Crippen molar-refractivity contribution in [3.63, 3.8) is 0 Å². The van der Waals surface area contributed by atoms with E-state index in [1.807, 2.05) is 12.1 Å². The van der Waals surface area contributed by atoms with Gasteiger partial charge in [-0.05, 0) is 17.7 Å². The van der Waals surface area contributed by atoms with Gasteiger partial charge in [0.15, 0.2) is 0 Å². The van der Waals surface area contributed by atoms with E-state index < -0.39 is 0 Å². The highest BCUT2D eigenvalue weighted by Crippen LogP contribution is 2.09. The molecule has 70 valence electrons. The average Bonchev–Trinajstić information content (AvgIpc) is 2.23. The summed E-state index contributed by atoms with van der Waals surface area (Å²) in [5.41, 5.74) is 7.62. The third-order valence-corrected chi connectivity index (χ3v) is 1.93. The van der Waals surface area contributed by atoms with Crippen LogP contribution in [0.4, 0.5) is 5.82 Å². The van der Waals surface area contributed by atoms with Crippen LogP contribution in [-0.2, 0) is 6.42 Å². The molecule has 0 unspecified atom stereocenters. The van der Waals surface area contributed by atoms with E-state index in [-0.39, 0.29) is 0 Å². The minimum absolute atomic E-state index is 0.490. The van der Waals surface area contributed by atoms with Gasteiger partial charge in [0.2, 0.25) is 0 Å². The molecule has 0 saturated carbocycles. The van der Waals surface area contributed by atoms with E-state index in [1.54, 1.807) is 24.8 Å². The van der Waals surface area contributed by atoms with Gasteiger partial charge < -0.3 is 5.73 Å². The van der Waals surface area contributed by atoms with E-state index >= 15 is 0 Å². The second kappa shape index (κ2) is 3.83. The van der Waals surface area contributed by atoms with Gasteiger partial charge in [-0.1, -0.05) is 0 Å². The minimum Gasteiger partial charge on any atom is -0.382 e. The Balaban J connectivity index is 2.24. The zero-order valence-corrected chi connectivity index (χ0v) is 7.59. The van der Waals surface area contributed by atoms with Gasteiger partial charge in [0.1, 0.15) is 5.82 Å². The molecule has 0 fully saturated rings. The fourth-order valence-electron chi connectivity index (χ4n) is 1.21. The van der Waals surface area contributed by atoms with Crippen molar-refractivity contribution in [3.8, 4) is 0 Å². The molecule has 2 rings (SSSR count). The SMILES string of the molecule is Nc1nccnc1Cc1ccncc1. The van der Waals surface area contributed by atoms with Gasteiger partial charge in [0.25, 0.3) is 0 Å². The number of nitrogens with zero attached hydrogens (tertiary/aromatic N) is 3. The number of aromatic nitrogens is 3. The smallest absolute Gasteiger partial charge is 0.145 e. The predicted octanol–water partition coefficient (Wildman–Crippen LogP) is 1.04. The van der Waals surface area contributed by atoms with E-state index in [9.17, 15) is 0 Å². The molecule has 0 spiro atoms. The highest BCUT2D eigenvalue weighted by molar-refractivity contribution is 5.36. The summed E-state index contributed by atoms with van der Waals surface area (Å²) < 4.78 is 0. The first-order chi connectivity index (χ1) is 6.86. The molecule has 4 heteroatoms. The van der Waals surface area contributed by atoms with E-state index in [0.29, 0.717) is 12.2 Å². The number of nitrogens with two attached hydrogens (primary N) is 1. The van der Waals surface area contributed by atoms with Crippen LogP contribution < -0.4 is 5.73 Å². The first-order valence-corrected chi connectivity index (χ1v) is 4.30. The van der Waals surface area contributed by atoms with E-state index in [1.165, 1.54) is 0 Å². The fraction of sp³-hybridized carbons (Fsp3) is 0.100. The van der Waals surface area contributed by atoms with Crippen molar-refractivity contribution in [1.82, 2.24) is 15.0 Å². The standard InChI is InChI=1S/C10H10N4/c11-10-9(13-5-6-14-10)7-8-1-3-12-4-2-8/h1-6H,7H2,(H2,11,14). The van der Waals surface area contributed by atoms with Crippen molar-refractivity contribution in [3.05, 3.63) is 48.2 Å². The number of nitrogen functional groups attached to an aromatic ring is 1. The number of hydrogen-bond acceptors (Lipinski definition) is 4. The largest absolute Gasteiger partial charge is 0.382 e. The maximum absolute atomic E-state index is 5.68. The van der Waals surface area contributed by atoms with Gasteiger partial charge in [0, 0.05) is 31.2 Å². The molecule has 0 amide bonds. The summed E-state index contributed by atoms with van der Waals surface area (Å²) >= 11 is 0. The van der Waals surface area contributed by atoms with Crippen LogP contribution in [0.15, 0.2) is 36.9 Å². The predicted molar refractivity (Wildman–Crippen MR) is 53.5 cm³/mol. The second-order valence-electron chi connectivity index (χ2n) is 2.92. The van der Waals surface area contributed by atoms with Crippen LogP contribution in [0.5, 0.6) is 0 Å². The maximum atomic E-state index is 5.68. The Hall–Kier alpha value is -1.97. The molecule has 0 atom stereocenters. The summed E-state index contributed by atoms with van der Waals surface area (Å²) in [5, 5.41) is 0. The van der Waals surface area contributed by atoms with E-state index in [4.69, 9.17) is 5.73 Å². The highest BCUT2D eigenvalue weighted by atomic mass is 14.9. The molecule has 0 aliphatic carbocycles. The lowest BCUT2D eigenvalue weighted by atomic mass is 10.1. The first-order valence-electron chi connectivity index (χ1n) is 4.30. The van der Waals surface area contributed by atoms with Crippen molar-refractivity contribution in [1.29, 1.82) is 0 Å². The second-order valence-corrected chi connectivity index (χ2v) is 2.92. The van der Waals surface area contributed by atoms with Crippen LogP contribution in [0.1, 0.15) is 11.3 Å². The monoisotopic (exact) mass is 186 g/mol. The lowest BCUT2D eigenvalue weighted by Crippen LogP contribution is -2.00. The number of anilines is 1. The normalized spacial score (nSPS) is 10.0. The molecule has 4 nitrogen and oxygen atoms in total. The highest BCUT2D eigenvalue weighted by Gasteiger charge is 2.01. The van der Waals surface area contributed by atoms with Crippen LogP contribution in [0, 0.1) is 0 Å². The van der Waals surface area contributed by atoms with E-state index in [2.05, 4.69) is 15.0 Å². The lowest BCUT2D eigenvalue weighted by molar-refractivity contribution is 1.03. The summed E-state index contributed by atoms with van der Waals surface area (Å²) in [7, 11) is 0. The van der Waals surface area contributed by atoms with Crippen molar-refractivity contribution >= 4 is 5.82 Å². The molecular weight excluding hydrogens is 176 g/mol. The van der Waals surface area contributed by atoms with Crippen molar-refractivity contribution in [2.24, 2.45) is 0 Å². The zero-order chi connectivity index (χ0) is 9.80. The van der Waals surface area contributed by atoms with Crippen LogP contribution in [0.25, 0.3) is 0 Å². The zero-order valence-electron chi connectivity index (χ0n) is 7.59. The van der Waals surface area contributed by atoms with Crippen LogP contribution in [-0.4, -0.2) is 15.0 Å². The Morgan fingerprint density at radius 2 is 1.71 bits per heavy atom. The summed E-state index contributed by atoms with van der Waals surface area (Å²) in [6, 6.07) is 3.88. The van der Waals surface area contributed by atoms with Gasteiger partial charge >= 0.3 is 0 Å². The summed E-state index contributed by atoms with van der Waals surface area (Å²) in [5.74, 6) is 0.490. The quantitative estimate of drug-likeness (QED) is 0.761. The molecule has 0 saturated heterocycles. The summed E-state index contributed by atoms with van der Waals surface area (Å²) in [6.07, 6.45) is 7.43. The van der Waals surface area contributed by atoms with E-state index in [0.717, 1.165) is 11.3 Å². The number of rotatable bonds is 2. The molecular formula is C10H10N4. The Labute approximate surface area is 81.9 Å². The Morgan fingerprint density at radius 3 is 2.43 bits per heavy atom.